The number of nitrogens with two attached hydrogens (primary N) is 1. The van der Waals surface area contributed by atoms with E-state index in [2.05, 4.69) is 10.2 Å². The SMILES string of the molecule is CC1(C)CN(S(=O)(=O)c2cc(F)cc(F)c2)C(C(N)=O)c2cn[nH]c21. The van der Waals surface area contributed by atoms with Crippen molar-refractivity contribution in [3.63, 3.8) is 0 Å². The lowest BCUT2D eigenvalue weighted by molar-refractivity contribution is -0.122. The normalized spacial score (nSPS) is 20.2. The number of nitrogens with zero attached hydrogens (tertiary/aromatic N) is 2. The van der Waals surface area contributed by atoms with E-state index < -0.39 is 43.9 Å². The minimum Gasteiger partial charge on any atom is -0.368 e. The third-order valence-corrected chi connectivity index (χ3v) is 5.98. The van der Waals surface area contributed by atoms with Crippen LogP contribution in [-0.4, -0.2) is 35.4 Å². The van der Waals surface area contributed by atoms with Crippen LogP contribution in [0.2, 0.25) is 0 Å². The maximum absolute atomic E-state index is 13.5. The van der Waals surface area contributed by atoms with Crippen LogP contribution in [0.25, 0.3) is 0 Å². The van der Waals surface area contributed by atoms with E-state index in [0.717, 1.165) is 4.31 Å². The van der Waals surface area contributed by atoms with Crippen LogP contribution in [0.1, 0.15) is 31.1 Å². The van der Waals surface area contributed by atoms with Crippen LogP contribution in [0.4, 0.5) is 8.78 Å². The number of rotatable bonds is 3. The fourth-order valence-electron chi connectivity index (χ4n) is 3.09. The summed E-state index contributed by atoms with van der Waals surface area (Å²) in [7, 11) is -4.38. The summed E-state index contributed by atoms with van der Waals surface area (Å²) in [4.78, 5) is 11.4. The molecule has 1 aromatic carbocycles. The highest BCUT2D eigenvalue weighted by Gasteiger charge is 2.47. The van der Waals surface area contributed by atoms with Crippen LogP contribution >= 0.6 is 0 Å². The maximum atomic E-state index is 13.5. The first-order valence-electron chi connectivity index (χ1n) is 7.35. The Morgan fingerprint density at radius 1 is 1.32 bits per heavy atom. The number of sulfonamides is 1. The highest BCUT2D eigenvalue weighted by atomic mass is 32.2. The van der Waals surface area contributed by atoms with Gasteiger partial charge >= 0.3 is 0 Å². The minimum absolute atomic E-state index is 0.115. The average Bonchev–Trinajstić information content (AvgIpc) is 2.95. The lowest BCUT2D eigenvalue weighted by Gasteiger charge is -2.40. The summed E-state index contributed by atoms with van der Waals surface area (Å²) in [6.07, 6.45) is 1.33. The molecular weight excluding hydrogens is 354 g/mol. The molecule has 0 aliphatic carbocycles. The van der Waals surface area contributed by atoms with E-state index in [4.69, 9.17) is 5.73 Å². The molecule has 0 saturated carbocycles. The van der Waals surface area contributed by atoms with Gasteiger partial charge in [0.1, 0.15) is 17.7 Å². The number of hydrogen-bond donors (Lipinski definition) is 2. The summed E-state index contributed by atoms with van der Waals surface area (Å²) in [5, 5.41) is 6.64. The highest BCUT2D eigenvalue weighted by Crippen LogP contribution is 2.41. The minimum atomic E-state index is -4.38. The number of carbonyl (C=O) groups excluding carboxylic acids is 1. The quantitative estimate of drug-likeness (QED) is 0.846. The Kier molecular flexibility index (Phi) is 3.92. The molecule has 3 N–H and O–H groups in total. The number of fused-ring (bicyclic) bond motifs is 1. The molecule has 1 amide bonds. The van der Waals surface area contributed by atoms with E-state index in [9.17, 15) is 22.0 Å². The molecule has 1 aromatic heterocycles. The zero-order chi connectivity index (χ0) is 18.6. The van der Waals surface area contributed by atoms with Crippen LogP contribution < -0.4 is 5.73 Å². The molecule has 3 rings (SSSR count). The number of aromatic nitrogens is 2. The zero-order valence-corrected chi connectivity index (χ0v) is 14.3. The van der Waals surface area contributed by atoms with Crippen LogP contribution in [-0.2, 0) is 20.2 Å². The van der Waals surface area contributed by atoms with Crippen molar-refractivity contribution < 1.29 is 22.0 Å². The topological polar surface area (TPSA) is 109 Å². The fourth-order valence-corrected chi connectivity index (χ4v) is 4.87. The number of halogens is 2. The summed E-state index contributed by atoms with van der Waals surface area (Å²) in [6, 6.07) is 0.653. The van der Waals surface area contributed by atoms with E-state index in [1.54, 1.807) is 13.8 Å². The Hall–Kier alpha value is -2.33. The van der Waals surface area contributed by atoms with E-state index >= 15 is 0 Å². The largest absolute Gasteiger partial charge is 0.368 e. The lowest BCUT2D eigenvalue weighted by atomic mass is 9.81. The van der Waals surface area contributed by atoms with Crippen molar-refractivity contribution in [2.45, 2.75) is 30.2 Å². The number of amides is 1. The Labute approximate surface area is 142 Å². The number of H-pyrrole nitrogens is 1. The van der Waals surface area contributed by atoms with Crippen molar-refractivity contribution >= 4 is 15.9 Å². The Bertz CT molecular complexity index is 935. The highest BCUT2D eigenvalue weighted by molar-refractivity contribution is 7.89. The molecular formula is C15H16F2N4O3S. The van der Waals surface area contributed by atoms with Crippen LogP contribution in [0.5, 0.6) is 0 Å². The monoisotopic (exact) mass is 370 g/mol. The fraction of sp³-hybridized carbons (Fsp3) is 0.333. The van der Waals surface area contributed by atoms with Gasteiger partial charge in [0.15, 0.2) is 0 Å². The molecule has 1 aliphatic heterocycles. The molecule has 0 radical (unpaired) electrons. The van der Waals surface area contributed by atoms with Gasteiger partial charge in [-0.05, 0) is 12.1 Å². The third-order valence-electron chi connectivity index (χ3n) is 4.19. The van der Waals surface area contributed by atoms with E-state index in [-0.39, 0.29) is 6.54 Å². The molecule has 1 atom stereocenters. The van der Waals surface area contributed by atoms with Gasteiger partial charge in [-0.2, -0.15) is 9.40 Å². The number of primary amides is 1. The number of benzene rings is 1. The van der Waals surface area contributed by atoms with Crippen molar-refractivity contribution in [3.8, 4) is 0 Å². The van der Waals surface area contributed by atoms with Gasteiger partial charge in [-0.1, -0.05) is 13.8 Å². The summed E-state index contributed by atoms with van der Waals surface area (Å²) >= 11 is 0. The second kappa shape index (κ2) is 5.60. The van der Waals surface area contributed by atoms with Gasteiger partial charge < -0.3 is 5.73 Å². The number of aromatic amines is 1. The first-order valence-corrected chi connectivity index (χ1v) is 8.79. The lowest BCUT2D eigenvalue weighted by Crippen LogP contribution is -2.51. The Morgan fingerprint density at radius 3 is 2.48 bits per heavy atom. The first kappa shape index (κ1) is 17.5. The molecule has 7 nitrogen and oxygen atoms in total. The van der Waals surface area contributed by atoms with Crippen molar-refractivity contribution in [2.24, 2.45) is 5.73 Å². The summed E-state index contributed by atoms with van der Waals surface area (Å²) in [5.74, 6) is -2.97. The van der Waals surface area contributed by atoms with Gasteiger partial charge in [0.2, 0.25) is 15.9 Å². The van der Waals surface area contributed by atoms with Crippen molar-refractivity contribution in [1.29, 1.82) is 0 Å². The average molecular weight is 370 g/mol. The van der Waals surface area contributed by atoms with Crippen molar-refractivity contribution in [1.82, 2.24) is 14.5 Å². The van der Waals surface area contributed by atoms with E-state index in [0.29, 0.717) is 29.5 Å². The second-order valence-corrected chi connectivity index (χ2v) is 8.44. The summed E-state index contributed by atoms with van der Waals surface area (Å²) in [5.41, 5.74) is 5.62. The molecule has 10 heteroatoms. The van der Waals surface area contributed by atoms with E-state index in [1.807, 2.05) is 0 Å². The maximum Gasteiger partial charge on any atom is 0.244 e. The van der Waals surface area contributed by atoms with Gasteiger partial charge in [-0.3, -0.25) is 9.89 Å². The summed E-state index contributed by atoms with van der Waals surface area (Å²) in [6.45, 7) is 3.40. The summed E-state index contributed by atoms with van der Waals surface area (Å²) < 4.78 is 53.8. The molecule has 1 aliphatic rings. The number of nitrogens with one attached hydrogen (secondary N) is 1. The van der Waals surface area contributed by atoms with Crippen molar-refractivity contribution in [3.05, 3.63) is 47.3 Å². The zero-order valence-electron chi connectivity index (χ0n) is 13.5. The van der Waals surface area contributed by atoms with Crippen LogP contribution in [0, 0.1) is 11.6 Å². The molecule has 0 bridgehead atoms. The predicted octanol–water partition coefficient (Wildman–Crippen LogP) is 1.20. The first-order chi connectivity index (χ1) is 11.5. The Balaban J connectivity index is 2.19. The molecule has 25 heavy (non-hydrogen) atoms. The van der Waals surface area contributed by atoms with E-state index in [1.165, 1.54) is 6.20 Å². The smallest absolute Gasteiger partial charge is 0.244 e. The predicted molar refractivity (Wildman–Crippen MR) is 83.8 cm³/mol. The number of carbonyl (C=O) groups is 1. The molecule has 2 heterocycles. The molecule has 0 spiro atoms. The van der Waals surface area contributed by atoms with Gasteiger partial charge in [-0.15, -0.1) is 0 Å². The molecule has 134 valence electrons. The molecule has 2 aromatic rings. The molecule has 0 saturated heterocycles. The van der Waals surface area contributed by atoms with Crippen LogP contribution in [0.15, 0.2) is 29.3 Å². The standard InChI is InChI=1S/C15H16F2N4O3S/c1-15(2)7-21(12(14(18)22)11-6-19-20-13(11)15)25(23,24)10-4-8(16)3-9(17)5-10/h3-6,12H,7H2,1-2H3,(H2,18,22)(H,19,20). The Morgan fingerprint density at radius 2 is 1.92 bits per heavy atom. The van der Waals surface area contributed by atoms with Crippen molar-refractivity contribution in [2.75, 3.05) is 6.54 Å². The van der Waals surface area contributed by atoms with Gasteiger partial charge in [0.05, 0.1) is 11.1 Å². The van der Waals surface area contributed by atoms with Gasteiger partial charge in [-0.25, -0.2) is 17.2 Å². The third kappa shape index (κ3) is 2.81. The van der Waals surface area contributed by atoms with Gasteiger partial charge in [0, 0.05) is 29.3 Å². The number of hydrogen-bond acceptors (Lipinski definition) is 4. The molecule has 0 fully saturated rings. The van der Waals surface area contributed by atoms with Crippen LogP contribution in [0.3, 0.4) is 0 Å². The second-order valence-electron chi connectivity index (χ2n) is 6.54. The molecule has 1 unspecified atom stereocenters. The van der Waals surface area contributed by atoms with Gasteiger partial charge in [0.25, 0.3) is 0 Å².